The number of aromatic nitrogens is 4. The van der Waals surface area contributed by atoms with Gasteiger partial charge in [-0.3, -0.25) is 63.1 Å². The number of alkyl carbamates (subject to hydrolysis) is 2. The number of aliphatic hydroxyl groups excluding tert-OH is 4. The van der Waals surface area contributed by atoms with Crippen LogP contribution in [0.2, 0.25) is 0 Å². The Morgan fingerprint density at radius 2 is 0.596 bits per heavy atom. The largest absolute Gasteiger partial charge is 0.481 e. The Balaban J connectivity index is 0.000000327. The molecular formula is C108H144N16O20S2. The van der Waals surface area contributed by atoms with E-state index in [0.717, 1.165) is 67.3 Å². The van der Waals surface area contributed by atoms with Gasteiger partial charge in [-0.05, 0) is 209 Å². The average molecular weight is 2050 g/mol. The third kappa shape index (κ3) is 51.9. The van der Waals surface area contributed by atoms with Crippen LogP contribution in [0.5, 0.6) is 0 Å². The number of aliphatic carboxylic acids is 2. The number of pyridine rings is 4. The maximum Gasteiger partial charge on any atom is 0.408 e. The number of ether oxygens (including phenoxy) is 2. The summed E-state index contributed by atoms with van der Waals surface area (Å²) in [4.78, 5) is 163. The normalized spacial score (nSPS) is 12.4. The summed E-state index contributed by atoms with van der Waals surface area (Å²) >= 11 is 2.61. The second-order valence-electron chi connectivity index (χ2n) is 37.8. The number of nitrogens with one attached hydrogen (secondary N) is 10. The minimum Gasteiger partial charge on any atom is -0.481 e. The van der Waals surface area contributed by atoms with Gasteiger partial charge >= 0.3 is 24.1 Å². The molecule has 10 amide bonds. The quantitative estimate of drug-likeness (QED) is 0.0169. The predicted octanol–water partition coefficient (Wildman–Crippen LogP) is 11.1. The maximum atomic E-state index is 12.7. The Morgan fingerprint density at radius 3 is 0.829 bits per heavy atom. The van der Waals surface area contributed by atoms with E-state index >= 15 is 0 Å². The van der Waals surface area contributed by atoms with E-state index in [0.29, 0.717) is 35.4 Å². The van der Waals surface area contributed by atoms with Crippen LogP contribution >= 0.6 is 22.7 Å². The molecule has 146 heavy (non-hydrogen) atoms. The number of nitrogens with zero attached hydrogens (tertiary/aromatic N) is 4. The van der Waals surface area contributed by atoms with Crippen LogP contribution in [-0.2, 0) is 73.5 Å². The highest BCUT2D eigenvalue weighted by molar-refractivity contribution is 7.12. The fourth-order valence-electron chi connectivity index (χ4n) is 13.4. The van der Waals surface area contributed by atoms with E-state index in [-0.39, 0.29) is 143 Å². The highest BCUT2D eigenvalue weighted by atomic mass is 32.1. The van der Waals surface area contributed by atoms with Crippen LogP contribution in [0.3, 0.4) is 0 Å². The molecule has 0 aliphatic heterocycles. The lowest BCUT2D eigenvalue weighted by Gasteiger charge is -2.24. The molecule has 4 aromatic carbocycles. The molecular weight excluding hydrogens is 1910 g/mol. The zero-order valence-electron chi connectivity index (χ0n) is 85.3. The number of benzene rings is 4. The molecule has 38 heteroatoms. The molecule has 10 rings (SSSR count). The Morgan fingerprint density at radius 1 is 0.329 bits per heavy atom. The first kappa shape index (κ1) is 122. The third-order valence-corrected chi connectivity index (χ3v) is 22.0. The molecule has 20 N–H and O–H groups in total. The summed E-state index contributed by atoms with van der Waals surface area (Å²) in [5, 5.41) is 87.0. The van der Waals surface area contributed by atoms with E-state index in [9.17, 15) is 72.9 Å². The highest BCUT2D eigenvalue weighted by Crippen LogP contribution is 2.24. The number of thiophene rings is 2. The van der Waals surface area contributed by atoms with Crippen LogP contribution in [0.25, 0.3) is 45.0 Å². The fourth-order valence-corrected chi connectivity index (χ4v) is 14.7. The molecule has 36 nitrogen and oxygen atoms in total. The average Bonchev–Trinajstić information content (AvgIpc) is 1.06. The number of nitrogens with two attached hydrogens (primary N) is 2. The number of hydrogen-bond acceptors (Lipinski definition) is 26. The number of carboxylic acids is 2. The van der Waals surface area contributed by atoms with Crippen molar-refractivity contribution in [2.75, 3.05) is 52.4 Å². The van der Waals surface area contributed by atoms with Crippen LogP contribution in [0.15, 0.2) is 230 Å². The summed E-state index contributed by atoms with van der Waals surface area (Å²) in [5.74, 6) is -3.64. The summed E-state index contributed by atoms with van der Waals surface area (Å²) in [6.45, 7) is 26.3. The van der Waals surface area contributed by atoms with Gasteiger partial charge < -0.3 is 105 Å². The van der Waals surface area contributed by atoms with E-state index in [4.69, 9.17) is 36.3 Å². The number of hydrogen-bond donors (Lipinski definition) is 18. The molecule has 10 aromatic rings. The third-order valence-electron chi connectivity index (χ3n) is 20.2. The van der Waals surface area contributed by atoms with Crippen molar-refractivity contribution < 1.29 is 97.6 Å². The minimum atomic E-state index is -1.04. The topological polar surface area (TPSA) is 569 Å². The van der Waals surface area contributed by atoms with Gasteiger partial charge in [-0.15, -0.1) is 22.7 Å². The summed E-state index contributed by atoms with van der Waals surface area (Å²) in [5.41, 5.74) is 18.9. The number of rotatable bonds is 44. The van der Waals surface area contributed by atoms with Crippen LogP contribution in [-0.4, -0.2) is 234 Å². The van der Waals surface area contributed by atoms with Gasteiger partial charge in [0.05, 0.1) is 82.6 Å². The van der Waals surface area contributed by atoms with Gasteiger partial charge in [-0.25, -0.2) is 14.4 Å². The Kier molecular flexibility index (Phi) is 54.7. The molecule has 3 unspecified atom stereocenters. The molecule has 0 saturated heterocycles. The Hall–Kier alpha value is -14.1. The lowest BCUT2D eigenvalue weighted by molar-refractivity contribution is -0.140. The van der Waals surface area contributed by atoms with Gasteiger partial charge in [-0.1, -0.05) is 165 Å². The van der Waals surface area contributed by atoms with Crippen molar-refractivity contribution in [2.45, 2.75) is 208 Å². The van der Waals surface area contributed by atoms with E-state index in [1.807, 2.05) is 219 Å². The smallest absolute Gasteiger partial charge is 0.408 e. The second-order valence-corrected chi connectivity index (χ2v) is 39.7. The van der Waals surface area contributed by atoms with E-state index < -0.39 is 89.8 Å². The van der Waals surface area contributed by atoms with Crippen LogP contribution in [0.4, 0.5) is 9.59 Å². The number of carbonyl (C=O) groups is 12. The minimum absolute atomic E-state index is 0.00452. The predicted molar refractivity (Wildman–Crippen MR) is 564 cm³/mol. The molecule has 0 saturated carbocycles. The van der Waals surface area contributed by atoms with Crippen LogP contribution in [0.1, 0.15) is 164 Å². The first-order valence-electron chi connectivity index (χ1n) is 48.1. The summed E-state index contributed by atoms with van der Waals surface area (Å²) in [7, 11) is 0. The molecule has 0 fully saturated rings. The zero-order valence-corrected chi connectivity index (χ0v) is 87.0. The van der Waals surface area contributed by atoms with Crippen molar-refractivity contribution in [3.63, 3.8) is 0 Å². The van der Waals surface area contributed by atoms with Crippen molar-refractivity contribution in [1.29, 1.82) is 0 Å². The van der Waals surface area contributed by atoms with Crippen LogP contribution in [0, 0.1) is 23.7 Å². The Labute approximate surface area is 862 Å². The fraction of sp³-hybridized carbons (Fsp3) is 0.407. The molecule has 0 radical (unpaired) electrons. The maximum absolute atomic E-state index is 12.7. The molecule has 0 spiro atoms. The van der Waals surface area contributed by atoms with E-state index in [2.05, 4.69) is 73.1 Å². The van der Waals surface area contributed by atoms with Crippen molar-refractivity contribution in [2.24, 2.45) is 35.1 Å². The number of carbonyl (C=O) groups excluding carboxylic acids is 10. The molecule has 0 aliphatic carbocycles. The molecule has 0 aliphatic rings. The van der Waals surface area contributed by atoms with Gasteiger partial charge in [0.15, 0.2) is 0 Å². The Bertz CT molecular complexity index is 5440. The summed E-state index contributed by atoms with van der Waals surface area (Å²) < 4.78 is 10.2. The standard InChI is InChI=1S/C27H38N4O5.2C27H32N4O4S.C13H11NO2.C11H21NO4.C3H10N2O/c1-18(2)13-23(31-26(35)36-27(3,4)5)25(34)30-17-21(32)16-29-24(33)15-19-9-8-10-20(14-19)22-11-6-7-12-28-22;2*1-18(2)13-23(31-27(35)24-10-6-12-36-24)26(34)30-17-21(32)16-29-25(33)15-19-7-5-8-20(14-19)22-9-3-4-11-28-22;15-13(16)9-10-4-3-5-11(8-10)12-6-1-2-7-14-12;1-7(2)6-8(9(13)14)12-10(15)16-11(3,4)5;4-1-3(6)2-5/h6-12,14,18,21,23,32H,13,15-17H2,1-5H3,(H,29,33)(H,30,34)(H,31,35);2*3-12,14,18,21,23,32H,13,15-17H2,1-2H3,(H,29,33)(H,30,34)(H,31,35);1-8H,9H2,(H,15,16);7-8H,6H2,1-5H3,(H,12,15)(H,13,14);3,6H,1-2,4-5H2/t3*21?,23-;;8-;/m000.0./s1. The van der Waals surface area contributed by atoms with Gasteiger partial charge in [0.25, 0.3) is 11.8 Å². The second kappa shape index (κ2) is 65.3. The first-order valence-corrected chi connectivity index (χ1v) is 49.9. The molecule has 6 heterocycles. The number of aliphatic hydroxyl groups is 4. The molecule has 788 valence electrons. The van der Waals surface area contributed by atoms with Crippen LogP contribution < -0.4 is 64.6 Å². The van der Waals surface area contributed by atoms with Crippen molar-refractivity contribution in [3.05, 3.63) is 262 Å². The van der Waals surface area contributed by atoms with Crippen molar-refractivity contribution in [1.82, 2.24) is 73.1 Å². The highest BCUT2D eigenvalue weighted by Gasteiger charge is 2.30. The number of amides is 10. The van der Waals surface area contributed by atoms with Gasteiger partial charge in [0, 0.05) is 99.4 Å². The van der Waals surface area contributed by atoms with E-state index in [1.165, 1.54) is 22.7 Å². The monoisotopic (exact) mass is 2050 g/mol. The summed E-state index contributed by atoms with van der Waals surface area (Å²) in [6.07, 6.45) is 4.31. The van der Waals surface area contributed by atoms with Gasteiger partial charge in [0.1, 0.15) is 35.4 Å². The summed E-state index contributed by atoms with van der Waals surface area (Å²) in [6, 6.07) is 56.6. The van der Waals surface area contributed by atoms with Gasteiger partial charge in [0.2, 0.25) is 35.4 Å². The van der Waals surface area contributed by atoms with Crippen molar-refractivity contribution >= 4 is 94.1 Å². The molecule has 7 atom stereocenters. The van der Waals surface area contributed by atoms with Gasteiger partial charge in [-0.2, -0.15) is 0 Å². The lowest BCUT2D eigenvalue weighted by Crippen LogP contribution is -2.50. The number of carboxylic acid groups (broad SMARTS) is 2. The molecule has 6 aromatic heterocycles. The van der Waals surface area contributed by atoms with E-state index in [1.54, 1.807) is 107 Å². The molecule has 0 bridgehead atoms. The first-order chi connectivity index (χ1) is 69.2. The van der Waals surface area contributed by atoms with Crippen molar-refractivity contribution in [3.8, 4) is 45.0 Å². The lowest BCUT2D eigenvalue weighted by atomic mass is 10.0. The zero-order chi connectivity index (χ0) is 108. The SMILES string of the molecule is CC(C)C[C@H](NC(=O)OC(C)(C)C)C(=O)NCC(O)CNC(=O)Cc1cccc(-c2ccccn2)c1.CC(C)C[C@H](NC(=O)OC(C)(C)C)C(=O)O.CC(C)C[C@H](NC(=O)c1cccs1)C(=O)NCC(O)CNC(=O)Cc1cccc(-c2ccccn2)c1.CC(C)C[C@H](NC(=O)c1cccs1)C(=O)NCC(O)CNC(=O)Cc1cccc(-c2ccccn2)c1.NCC(O)CN.O=C(O)Cc1cccc(-c2ccccn2)c1.